The van der Waals surface area contributed by atoms with Crippen LogP contribution in [0.3, 0.4) is 0 Å². The minimum Gasteiger partial charge on any atom is -0.457 e. The van der Waals surface area contributed by atoms with E-state index in [4.69, 9.17) is 4.74 Å². The smallest absolute Gasteiger partial charge is 0.316 e. The van der Waals surface area contributed by atoms with Gasteiger partial charge in [0.05, 0.1) is 6.61 Å². The molecule has 2 N–H and O–H groups in total. The first kappa shape index (κ1) is 22.3. The second kappa shape index (κ2) is 9.28. The van der Waals surface area contributed by atoms with Crippen LogP contribution < -0.4 is 0 Å². The standard InChI is InChI=1S/C21H32O5/c1-7-18-16(5)10-14(3)8-13(2)9-15(4)11-21(25,12-22)19(23)17(6)20(24)26-18/h9-10,13,17-18,22,25H,3,7-8,11-12H2,1-2,4-6H3/b15-9+,16-10+/t13-,17+,18+,21?/m0/s1. The summed E-state index contributed by atoms with van der Waals surface area (Å²) in [5, 5.41) is 20.3. The van der Waals surface area contributed by atoms with Gasteiger partial charge in [-0.15, -0.1) is 0 Å². The minimum absolute atomic E-state index is 0.0250. The molecule has 0 aromatic carbocycles. The number of aliphatic hydroxyl groups excluding tert-OH is 1. The number of esters is 1. The number of cyclic esters (lactones) is 1. The molecule has 5 heteroatoms. The van der Waals surface area contributed by atoms with Crippen molar-refractivity contribution in [2.24, 2.45) is 11.8 Å². The van der Waals surface area contributed by atoms with Crippen LogP contribution in [0.2, 0.25) is 0 Å². The lowest BCUT2D eigenvalue weighted by atomic mass is 9.84. The maximum atomic E-state index is 12.7. The van der Waals surface area contributed by atoms with Crippen LogP contribution in [-0.4, -0.2) is 40.3 Å². The van der Waals surface area contributed by atoms with Gasteiger partial charge in [0.1, 0.15) is 12.0 Å². The maximum absolute atomic E-state index is 12.7. The molecule has 1 heterocycles. The molecule has 0 saturated carbocycles. The molecule has 0 aliphatic carbocycles. The zero-order chi connectivity index (χ0) is 20.1. The normalized spacial score (nSPS) is 36.4. The Balaban J connectivity index is 3.32. The van der Waals surface area contributed by atoms with Gasteiger partial charge in [-0.1, -0.05) is 43.7 Å². The van der Waals surface area contributed by atoms with Gasteiger partial charge in [-0.25, -0.2) is 0 Å². The second-order valence-electron chi connectivity index (χ2n) is 7.53. The maximum Gasteiger partial charge on any atom is 0.316 e. The lowest BCUT2D eigenvalue weighted by Crippen LogP contribution is -2.48. The molecule has 0 saturated heterocycles. The van der Waals surface area contributed by atoms with Crippen molar-refractivity contribution in [2.45, 2.75) is 65.6 Å². The summed E-state index contributed by atoms with van der Waals surface area (Å²) in [5.74, 6) is -2.42. The van der Waals surface area contributed by atoms with E-state index in [9.17, 15) is 19.8 Å². The van der Waals surface area contributed by atoms with Gasteiger partial charge in [-0.05, 0) is 45.1 Å². The number of ketones is 1. The van der Waals surface area contributed by atoms with E-state index in [1.807, 2.05) is 32.9 Å². The van der Waals surface area contributed by atoms with E-state index in [0.29, 0.717) is 12.8 Å². The molecular weight excluding hydrogens is 332 g/mol. The minimum atomic E-state index is -1.99. The Morgan fingerprint density at radius 2 is 1.92 bits per heavy atom. The third-order valence-electron chi connectivity index (χ3n) is 4.76. The largest absolute Gasteiger partial charge is 0.457 e. The van der Waals surface area contributed by atoms with E-state index in [2.05, 4.69) is 6.58 Å². The Bertz CT molecular complexity index is 616. The molecule has 4 atom stereocenters. The predicted octanol–water partition coefficient (Wildman–Crippen LogP) is 3.12. The molecule has 0 spiro atoms. The number of aliphatic hydroxyl groups is 2. The van der Waals surface area contributed by atoms with Crippen molar-refractivity contribution in [2.75, 3.05) is 6.61 Å². The number of carbonyl (C=O) groups excluding carboxylic acids is 2. The molecule has 0 aromatic heterocycles. The van der Waals surface area contributed by atoms with E-state index >= 15 is 0 Å². The van der Waals surface area contributed by atoms with E-state index in [1.54, 1.807) is 6.92 Å². The average Bonchev–Trinajstić information content (AvgIpc) is 2.56. The van der Waals surface area contributed by atoms with Gasteiger partial charge in [-0.2, -0.15) is 0 Å². The van der Waals surface area contributed by atoms with Crippen LogP contribution in [0.25, 0.3) is 0 Å². The topological polar surface area (TPSA) is 83.8 Å². The van der Waals surface area contributed by atoms with Crippen LogP contribution in [0.15, 0.2) is 35.5 Å². The molecule has 0 bridgehead atoms. The van der Waals surface area contributed by atoms with Gasteiger partial charge >= 0.3 is 5.97 Å². The van der Waals surface area contributed by atoms with Crippen LogP contribution >= 0.6 is 0 Å². The van der Waals surface area contributed by atoms with Crippen LogP contribution in [0.5, 0.6) is 0 Å². The number of carbonyl (C=O) groups is 2. The molecule has 1 aliphatic rings. The zero-order valence-electron chi connectivity index (χ0n) is 16.5. The molecule has 5 nitrogen and oxygen atoms in total. The van der Waals surface area contributed by atoms with E-state index < -0.39 is 36.0 Å². The van der Waals surface area contributed by atoms with Crippen LogP contribution in [0.4, 0.5) is 0 Å². The molecule has 0 amide bonds. The van der Waals surface area contributed by atoms with Crippen LogP contribution in [0.1, 0.15) is 53.9 Å². The van der Waals surface area contributed by atoms with Crippen molar-refractivity contribution in [3.8, 4) is 0 Å². The summed E-state index contributed by atoms with van der Waals surface area (Å²) in [4.78, 5) is 25.1. The highest BCUT2D eigenvalue weighted by molar-refractivity contribution is 6.03. The van der Waals surface area contributed by atoms with Gasteiger partial charge in [0, 0.05) is 6.42 Å². The molecule has 0 aromatic rings. The molecule has 1 unspecified atom stereocenters. The summed E-state index contributed by atoms with van der Waals surface area (Å²) < 4.78 is 5.50. The number of ether oxygens (including phenoxy) is 1. The third kappa shape index (κ3) is 5.64. The van der Waals surface area contributed by atoms with Gasteiger partial charge < -0.3 is 14.9 Å². The summed E-state index contributed by atoms with van der Waals surface area (Å²) >= 11 is 0. The fourth-order valence-corrected chi connectivity index (χ4v) is 3.42. The first-order chi connectivity index (χ1) is 12.0. The third-order valence-corrected chi connectivity index (χ3v) is 4.76. The molecule has 26 heavy (non-hydrogen) atoms. The van der Waals surface area contributed by atoms with Gasteiger partial charge in [0.2, 0.25) is 0 Å². The number of hydrogen-bond donors (Lipinski definition) is 2. The second-order valence-corrected chi connectivity index (χ2v) is 7.53. The lowest BCUT2D eigenvalue weighted by molar-refractivity contribution is -0.161. The lowest BCUT2D eigenvalue weighted by Gasteiger charge is -2.28. The van der Waals surface area contributed by atoms with Crippen molar-refractivity contribution in [1.29, 1.82) is 0 Å². The number of hydrogen-bond acceptors (Lipinski definition) is 5. The van der Waals surface area contributed by atoms with Gasteiger partial charge in [-0.3, -0.25) is 9.59 Å². The number of rotatable bonds is 2. The summed E-state index contributed by atoms with van der Waals surface area (Å²) in [6.07, 6.45) is 4.70. The molecule has 146 valence electrons. The zero-order valence-corrected chi connectivity index (χ0v) is 16.5. The highest BCUT2D eigenvalue weighted by atomic mass is 16.5. The Morgan fingerprint density at radius 1 is 1.31 bits per heavy atom. The quantitative estimate of drug-likeness (QED) is 0.447. The molecule has 0 radical (unpaired) electrons. The van der Waals surface area contributed by atoms with Crippen molar-refractivity contribution in [3.05, 3.63) is 35.5 Å². The first-order valence-electron chi connectivity index (χ1n) is 9.15. The predicted molar refractivity (Wildman–Crippen MR) is 101 cm³/mol. The molecule has 1 rings (SSSR count). The first-order valence-corrected chi connectivity index (χ1v) is 9.15. The highest BCUT2D eigenvalue weighted by Crippen LogP contribution is 2.26. The number of Topliss-reactive ketones (excluding diaryl/α,β-unsaturated/α-hetero) is 1. The summed E-state index contributed by atoms with van der Waals surface area (Å²) in [6.45, 7) is 12.3. The SMILES string of the molecule is C=C1/C=C(\C)[C@@H](CC)OC(=O)[C@H](C)C(=O)C(O)(CO)C/C(C)=C/[C@@H](C)C1. The molecule has 1 aliphatic heterocycles. The van der Waals surface area contributed by atoms with Gasteiger partial charge in [0.25, 0.3) is 0 Å². The Labute approximate surface area is 156 Å². The Hall–Kier alpha value is -1.72. The fraction of sp³-hybridized carbons (Fsp3) is 0.619. The van der Waals surface area contributed by atoms with E-state index in [-0.39, 0.29) is 12.3 Å². The van der Waals surface area contributed by atoms with Crippen molar-refractivity contribution >= 4 is 11.8 Å². The van der Waals surface area contributed by atoms with Crippen molar-refractivity contribution in [3.63, 3.8) is 0 Å². The molecule has 0 fully saturated rings. The Morgan fingerprint density at radius 3 is 2.46 bits per heavy atom. The van der Waals surface area contributed by atoms with Crippen LogP contribution in [-0.2, 0) is 14.3 Å². The fourth-order valence-electron chi connectivity index (χ4n) is 3.42. The summed E-state index contributed by atoms with van der Waals surface area (Å²) in [6, 6.07) is 0. The van der Waals surface area contributed by atoms with E-state index in [0.717, 1.165) is 16.7 Å². The summed E-state index contributed by atoms with van der Waals surface area (Å²) in [7, 11) is 0. The van der Waals surface area contributed by atoms with Crippen molar-refractivity contribution in [1.82, 2.24) is 0 Å². The summed E-state index contributed by atoms with van der Waals surface area (Å²) in [5.41, 5.74) is 0.576. The van der Waals surface area contributed by atoms with E-state index in [1.165, 1.54) is 6.92 Å². The average molecular weight is 364 g/mol. The Kier molecular flexibility index (Phi) is 7.97. The highest BCUT2D eigenvalue weighted by Gasteiger charge is 2.42. The molecular formula is C21H32O5. The monoisotopic (exact) mass is 364 g/mol. The van der Waals surface area contributed by atoms with Crippen LogP contribution in [0, 0.1) is 11.8 Å². The van der Waals surface area contributed by atoms with Crippen molar-refractivity contribution < 1.29 is 24.5 Å². The number of allylic oxidation sites excluding steroid dienone is 3. The van der Waals surface area contributed by atoms with Gasteiger partial charge in [0.15, 0.2) is 11.4 Å².